The highest BCUT2D eigenvalue weighted by atomic mass is 19.3. The fraction of sp³-hybridized carbons (Fsp3) is 0.429. The lowest BCUT2D eigenvalue weighted by atomic mass is 9.92. The minimum absolute atomic E-state index is 0.0383. The molecule has 5 nitrogen and oxygen atoms in total. The second-order valence-corrected chi connectivity index (χ2v) is 6.84. The van der Waals surface area contributed by atoms with Crippen molar-refractivity contribution in [1.82, 2.24) is 4.98 Å². The van der Waals surface area contributed by atoms with Gasteiger partial charge in [0, 0.05) is 11.1 Å². The van der Waals surface area contributed by atoms with Crippen molar-refractivity contribution in [3.63, 3.8) is 0 Å². The Bertz CT molecular complexity index is 904. The largest absolute Gasteiger partial charge is 0.471 e. The molecule has 0 bridgehead atoms. The standard InChI is InChI=1S/C21H22F3NO4/c1-4-27-20(26)17-10-15(13-6-5-11(2)9-16(13)22)14-7-8-18(29-19(14)25-17)12(3)28-21(23)24/h5-6,9-10,12,18,21H,4,7-8H2,1-3H3/t12-,18-/m1/s1. The smallest absolute Gasteiger partial charge is 0.357 e. The van der Waals surface area contributed by atoms with E-state index < -0.39 is 30.6 Å². The van der Waals surface area contributed by atoms with Crippen LogP contribution in [0, 0.1) is 12.7 Å². The summed E-state index contributed by atoms with van der Waals surface area (Å²) in [5.74, 6) is -1.01. The average Bonchev–Trinajstić information content (AvgIpc) is 2.66. The summed E-state index contributed by atoms with van der Waals surface area (Å²) in [6, 6.07) is 6.27. The minimum Gasteiger partial charge on any atom is -0.471 e. The average molecular weight is 409 g/mol. The normalized spacial score (nSPS) is 16.9. The first kappa shape index (κ1) is 21.1. The summed E-state index contributed by atoms with van der Waals surface area (Å²) in [4.78, 5) is 16.5. The van der Waals surface area contributed by atoms with E-state index in [1.54, 1.807) is 26.0 Å². The molecule has 2 aromatic rings. The Morgan fingerprint density at radius 3 is 2.72 bits per heavy atom. The number of fused-ring (bicyclic) bond motifs is 1. The van der Waals surface area contributed by atoms with Gasteiger partial charge in [-0.25, -0.2) is 14.2 Å². The van der Waals surface area contributed by atoms with Crippen LogP contribution in [0.5, 0.6) is 5.88 Å². The summed E-state index contributed by atoms with van der Waals surface area (Å²) >= 11 is 0. The van der Waals surface area contributed by atoms with Gasteiger partial charge in [-0.2, -0.15) is 8.78 Å². The molecule has 0 unspecified atom stereocenters. The molecule has 0 spiro atoms. The summed E-state index contributed by atoms with van der Waals surface area (Å²) in [5, 5.41) is 0. The summed E-state index contributed by atoms with van der Waals surface area (Å²) in [7, 11) is 0. The van der Waals surface area contributed by atoms with Gasteiger partial charge in [0.1, 0.15) is 11.9 Å². The lowest BCUT2D eigenvalue weighted by molar-refractivity contribution is -0.180. The maximum Gasteiger partial charge on any atom is 0.357 e. The van der Waals surface area contributed by atoms with Crippen molar-refractivity contribution in [1.29, 1.82) is 0 Å². The van der Waals surface area contributed by atoms with Crippen molar-refractivity contribution in [3.05, 3.63) is 46.9 Å². The van der Waals surface area contributed by atoms with E-state index in [2.05, 4.69) is 9.72 Å². The van der Waals surface area contributed by atoms with Gasteiger partial charge in [-0.1, -0.05) is 12.1 Å². The Morgan fingerprint density at radius 1 is 1.31 bits per heavy atom. The molecule has 0 fully saturated rings. The number of pyridine rings is 1. The third-order valence-electron chi connectivity index (χ3n) is 4.77. The van der Waals surface area contributed by atoms with Gasteiger partial charge in [-0.3, -0.25) is 0 Å². The SMILES string of the molecule is CCOC(=O)c1cc(-c2ccc(C)cc2F)c2c(n1)O[C@@H]([C@@H](C)OC(F)F)CC2. The van der Waals surface area contributed by atoms with Crippen molar-refractivity contribution in [3.8, 4) is 17.0 Å². The highest BCUT2D eigenvalue weighted by Crippen LogP contribution is 2.37. The number of rotatable bonds is 6. The van der Waals surface area contributed by atoms with E-state index in [0.29, 0.717) is 29.5 Å². The monoisotopic (exact) mass is 409 g/mol. The van der Waals surface area contributed by atoms with E-state index in [1.807, 2.05) is 0 Å². The highest BCUT2D eigenvalue weighted by Gasteiger charge is 2.31. The zero-order valence-electron chi connectivity index (χ0n) is 16.4. The summed E-state index contributed by atoms with van der Waals surface area (Å²) < 4.78 is 55.1. The van der Waals surface area contributed by atoms with E-state index >= 15 is 0 Å². The highest BCUT2D eigenvalue weighted by molar-refractivity contribution is 5.90. The van der Waals surface area contributed by atoms with Crippen LogP contribution in [0.15, 0.2) is 24.3 Å². The number of benzene rings is 1. The number of alkyl halides is 2. The molecule has 0 radical (unpaired) electrons. The van der Waals surface area contributed by atoms with Crippen LogP contribution in [0.2, 0.25) is 0 Å². The Kier molecular flexibility index (Phi) is 6.42. The number of aryl methyl sites for hydroxylation is 1. The summed E-state index contributed by atoms with van der Waals surface area (Å²) in [6.07, 6.45) is -0.745. The summed E-state index contributed by atoms with van der Waals surface area (Å²) in [5.41, 5.74) is 2.11. The molecule has 0 aliphatic carbocycles. The minimum atomic E-state index is -2.92. The number of carbonyl (C=O) groups excluding carboxylic acids is 1. The number of esters is 1. The van der Waals surface area contributed by atoms with Gasteiger partial charge < -0.3 is 14.2 Å². The van der Waals surface area contributed by atoms with Crippen LogP contribution in [0.3, 0.4) is 0 Å². The van der Waals surface area contributed by atoms with Gasteiger partial charge in [0.2, 0.25) is 5.88 Å². The quantitative estimate of drug-likeness (QED) is 0.648. The van der Waals surface area contributed by atoms with Crippen LogP contribution in [0.1, 0.15) is 41.9 Å². The molecule has 156 valence electrons. The lowest BCUT2D eigenvalue weighted by Crippen LogP contribution is -2.36. The van der Waals surface area contributed by atoms with Crippen molar-refractivity contribution in [2.75, 3.05) is 6.61 Å². The molecule has 0 N–H and O–H groups in total. The predicted octanol–water partition coefficient (Wildman–Crippen LogP) is 4.69. The molecule has 8 heteroatoms. The number of hydrogen-bond acceptors (Lipinski definition) is 5. The van der Waals surface area contributed by atoms with Crippen LogP contribution in [-0.4, -0.2) is 36.4 Å². The first-order chi connectivity index (χ1) is 13.8. The van der Waals surface area contributed by atoms with Gasteiger partial charge in [0.05, 0.1) is 12.7 Å². The second-order valence-electron chi connectivity index (χ2n) is 6.84. The number of ether oxygens (including phenoxy) is 3. The van der Waals surface area contributed by atoms with Crippen LogP contribution in [0.25, 0.3) is 11.1 Å². The van der Waals surface area contributed by atoms with Crippen LogP contribution < -0.4 is 4.74 Å². The van der Waals surface area contributed by atoms with Crippen LogP contribution in [-0.2, 0) is 15.9 Å². The molecule has 1 aromatic heterocycles. The fourth-order valence-electron chi connectivity index (χ4n) is 3.35. The van der Waals surface area contributed by atoms with Crippen molar-refractivity contribution in [2.24, 2.45) is 0 Å². The molecule has 0 amide bonds. The van der Waals surface area contributed by atoms with Gasteiger partial charge in [-0.05, 0) is 56.9 Å². The van der Waals surface area contributed by atoms with Gasteiger partial charge in [0.25, 0.3) is 0 Å². The predicted molar refractivity (Wildman–Crippen MR) is 99.6 cm³/mol. The zero-order chi connectivity index (χ0) is 21.1. The van der Waals surface area contributed by atoms with E-state index in [1.165, 1.54) is 19.1 Å². The molecule has 1 aliphatic heterocycles. The zero-order valence-corrected chi connectivity index (χ0v) is 16.4. The van der Waals surface area contributed by atoms with Crippen molar-refractivity contribution >= 4 is 5.97 Å². The topological polar surface area (TPSA) is 57.7 Å². The van der Waals surface area contributed by atoms with E-state index in [4.69, 9.17) is 9.47 Å². The van der Waals surface area contributed by atoms with Gasteiger partial charge in [-0.15, -0.1) is 0 Å². The fourth-order valence-corrected chi connectivity index (χ4v) is 3.35. The third kappa shape index (κ3) is 4.70. The molecular formula is C21H22F3NO4. The molecule has 1 aliphatic rings. The van der Waals surface area contributed by atoms with E-state index in [-0.39, 0.29) is 18.2 Å². The Labute approximate surface area is 166 Å². The summed E-state index contributed by atoms with van der Waals surface area (Å²) in [6.45, 7) is 2.14. The number of hydrogen-bond donors (Lipinski definition) is 0. The number of halogens is 3. The van der Waals surface area contributed by atoms with E-state index in [9.17, 15) is 18.0 Å². The third-order valence-corrected chi connectivity index (χ3v) is 4.77. The Morgan fingerprint density at radius 2 is 2.07 bits per heavy atom. The number of carbonyl (C=O) groups is 1. The van der Waals surface area contributed by atoms with E-state index in [0.717, 1.165) is 5.56 Å². The molecule has 1 aromatic carbocycles. The second kappa shape index (κ2) is 8.82. The van der Waals surface area contributed by atoms with Crippen molar-refractivity contribution < 1.29 is 32.2 Å². The number of nitrogens with zero attached hydrogens (tertiary/aromatic N) is 1. The maximum atomic E-state index is 14.7. The van der Waals surface area contributed by atoms with Crippen LogP contribution >= 0.6 is 0 Å². The molecule has 2 atom stereocenters. The maximum absolute atomic E-state index is 14.7. The molecular weight excluding hydrogens is 387 g/mol. The van der Waals surface area contributed by atoms with Crippen molar-refractivity contribution in [2.45, 2.75) is 52.4 Å². The first-order valence-corrected chi connectivity index (χ1v) is 9.38. The molecule has 0 saturated carbocycles. The number of aromatic nitrogens is 1. The first-order valence-electron chi connectivity index (χ1n) is 9.38. The molecule has 0 saturated heterocycles. The van der Waals surface area contributed by atoms with Gasteiger partial charge >= 0.3 is 12.6 Å². The van der Waals surface area contributed by atoms with Crippen LogP contribution in [0.4, 0.5) is 13.2 Å². The van der Waals surface area contributed by atoms with Gasteiger partial charge in [0.15, 0.2) is 5.69 Å². The Hall–Kier alpha value is -2.61. The molecule has 2 heterocycles. The lowest BCUT2D eigenvalue weighted by Gasteiger charge is -2.30. The Balaban J connectivity index is 2.05. The molecule has 29 heavy (non-hydrogen) atoms. The molecule has 3 rings (SSSR count).